The van der Waals surface area contributed by atoms with Crippen molar-refractivity contribution in [2.45, 2.75) is 16.2 Å². The molecule has 0 bridgehead atoms. The van der Waals surface area contributed by atoms with Gasteiger partial charge in [0.1, 0.15) is 0 Å². The quantitative estimate of drug-likeness (QED) is 0.768. The van der Waals surface area contributed by atoms with Gasteiger partial charge in [0.15, 0.2) is 0 Å². The molecule has 2 aromatic carbocycles. The Hall–Kier alpha value is -1.45. The standard InChI is InChI=1S/C16H17NOS/c1-18-12-6-11-17-13-7-2-4-9-15(13)19-16-10-5-3-8-14(16)17/h2-5,7-10H,6,11-12H2,1H3. The fourth-order valence-corrected chi connectivity index (χ4v) is 3.48. The Kier molecular flexibility index (Phi) is 3.76. The van der Waals surface area contributed by atoms with Crippen LogP contribution in [0.5, 0.6) is 0 Å². The van der Waals surface area contributed by atoms with Gasteiger partial charge in [-0.2, -0.15) is 0 Å². The molecule has 0 radical (unpaired) electrons. The number of fused-ring (bicyclic) bond motifs is 2. The number of hydrogen-bond acceptors (Lipinski definition) is 3. The van der Waals surface area contributed by atoms with Gasteiger partial charge in [0, 0.05) is 30.1 Å². The van der Waals surface area contributed by atoms with Crippen LogP contribution in [0, 0.1) is 0 Å². The molecule has 0 atom stereocenters. The molecule has 0 aromatic heterocycles. The van der Waals surface area contributed by atoms with Crippen LogP contribution in [0.3, 0.4) is 0 Å². The number of nitrogens with zero attached hydrogens (tertiary/aromatic N) is 1. The van der Waals surface area contributed by atoms with Crippen molar-refractivity contribution in [1.29, 1.82) is 0 Å². The fourth-order valence-electron chi connectivity index (χ4n) is 2.39. The maximum absolute atomic E-state index is 5.18. The number of anilines is 2. The summed E-state index contributed by atoms with van der Waals surface area (Å²) in [5.41, 5.74) is 2.62. The predicted octanol–water partition coefficient (Wildman–Crippen LogP) is 4.33. The molecule has 98 valence electrons. The summed E-state index contributed by atoms with van der Waals surface area (Å²) in [6.07, 6.45) is 1.03. The number of hydrogen-bond donors (Lipinski definition) is 0. The first-order chi connectivity index (χ1) is 9.40. The van der Waals surface area contributed by atoms with E-state index in [4.69, 9.17) is 4.74 Å². The maximum atomic E-state index is 5.18. The molecule has 2 aromatic rings. The molecule has 0 amide bonds. The molecule has 0 fully saturated rings. The third-order valence-corrected chi connectivity index (χ3v) is 4.39. The number of benzene rings is 2. The second kappa shape index (κ2) is 5.68. The van der Waals surface area contributed by atoms with Crippen LogP contribution in [0.15, 0.2) is 58.3 Å². The van der Waals surface area contributed by atoms with Crippen LogP contribution in [0.1, 0.15) is 6.42 Å². The number of rotatable bonds is 4. The van der Waals surface area contributed by atoms with Gasteiger partial charge in [-0.1, -0.05) is 36.0 Å². The van der Waals surface area contributed by atoms with Gasteiger partial charge >= 0.3 is 0 Å². The fraction of sp³-hybridized carbons (Fsp3) is 0.250. The Morgan fingerprint density at radius 2 is 1.53 bits per heavy atom. The van der Waals surface area contributed by atoms with E-state index < -0.39 is 0 Å². The lowest BCUT2D eigenvalue weighted by Gasteiger charge is -2.32. The largest absolute Gasteiger partial charge is 0.385 e. The molecular weight excluding hydrogens is 254 g/mol. The van der Waals surface area contributed by atoms with Crippen LogP contribution in [-0.4, -0.2) is 20.3 Å². The molecule has 0 saturated carbocycles. The minimum absolute atomic E-state index is 0.800. The van der Waals surface area contributed by atoms with Crippen molar-refractivity contribution in [2.75, 3.05) is 25.2 Å². The zero-order valence-corrected chi connectivity index (χ0v) is 11.8. The molecule has 3 heteroatoms. The van der Waals surface area contributed by atoms with Crippen molar-refractivity contribution in [3.05, 3.63) is 48.5 Å². The van der Waals surface area contributed by atoms with E-state index in [1.54, 1.807) is 7.11 Å². The summed E-state index contributed by atoms with van der Waals surface area (Å²) >= 11 is 1.85. The van der Waals surface area contributed by atoms with E-state index in [1.165, 1.54) is 21.2 Å². The molecule has 0 spiro atoms. The average Bonchev–Trinajstić information content (AvgIpc) is 2.46. The Labute approximate surface area is 118 Å². The molecule has 2 nitrogen and oxygen atoms in total. The first-order valence-electron chi connectivity index (χ1n) is 6.52. The average molecular weight is 271 g/mol. The number of methoxy groups -OCH3 is 1. The second-order valence-corrected chi connectivity index (χ2v) is 5.62. The topological polar surface area (TPSA) is 12.5 Å². The molecular formula is C16H17NOS. The molecule has 1 aliphatic rings. The van der Waals surface area contributed by atoms with Crippen LogP contribution < -0.4 is 4.90 Å². The highest BCUT2D eigenvalue weighted by molar-refractivity contribution is 7.99. The van der Waals surface area contributed by atoms with E-state index in [2.05, 4.69) is 53.4 Å². The Morgan fingerprint density at radius 1 is 0.947 bits per heavy atom. The van der Waals surface area contributed by atoms with Gasteiger partial charge in [-0.05, 0) is 30.7 Å². The highest BCUT2D eigenvalue weighted by atomic mass is 32.2. The first kappa shape index (κ1) is 12.6. The van der Waals surface area contributed by atoms with Crippen LogP contribution in [0.25, 0.3) is 0 Å². The van der Waals surface area contributed by atoms with E-state index in [0.29, 0.717) is 0 Å². The molecule has 0 aliphatic carbocycles. The van der Waals surface area contributed by atoms with E-state index in [1.807, 2.05) is 11.8 Å². The molecule has 0 saturated heterocycles. The van der Waals surface area contributed by atoms with Crippen LogP contribution in [-0.2, 0) is 4.74 Å². The molecule has 1 heterocycles. The highest BCUT2D eigenvalue weighted by Crippen LogP contribution is 2.47. The lowest BCUT2D eigenvalue weighted by atomic mass is 10.2. The lowest BCUT2D eigenvalue weighted by molar-refractivity contribution is 0.196. The van der Waals surface area contributed by atoms with Gasteiger partial charge in [0.2, 0.25) is 0 Å². The summed E-state index contributed by atoms with van der Waals surface area (Å²) in [7, 11) is 1.76. The van der Waals surface area contributed by atoms with E-state index in [0.717, 1.165) is 19.6 Å². The molecule has 1 aliphatic heterocycles. The Morgan fingerprint density at radius 3 is 2.11 bits per heavy atom. The summed E-state index contributed by atoms with van der Waals surface area (Å²) in [5, 5.41) is 0. The SMILES string of the molecule is COCCCN1c2ccccc2Sc2ccccc21. The van der Waals surface area contributed by atoms with Crippen molar-refractivity contribution in [3.63, 3.8) is 0 Å². The molecule has 0 N–H and O–H groups in total. The first-order valence-corrected chi connectivity index (χ1v) is 7.34. The van der Waals surface area contributed by atoms with E-state index in [-0.39, 0.29) is 0 Å². The summed E-state index contributed by atoms with van der Waals surface area (Å²) < 4.78 is 5.18. The zero-order valence-electron chi connectivity index (χ0n) is 11.0. The monoisotopic (exact) mass is 271 g/mol. The van der Waals surface area contributed by atoms with E-state index in [9.17, 15) is 0 Å². The van der Waals surface area contributed by atoms with Crippen molar-refractivity contribution in [1.82, 2.24) is 0 Å². The van der Waals surface area contributed by atoms with Crippen molar-refractivity contribution < 1.29 is 4.74 Å². The second-order valence-electron chi connectivity index (χ2n) is 4.54. The van der Waals surface area contributed by atoms with Gasteiger partial charge in [0.05, 0.1) is 11.4 Å². The van der Waals surface area contributed by atoms with Crippen LogP contribution in [0.4, 0.5) is 11.4 Å². The minimum atomic E-state index is 0.800. The Balaban J connectivity index is 1.96. The highest BCUT2D eigenvalue weighted by Gasteiger charge is 2.21. The van der Waals surface area contributed by atoms with Gasteiger partial charge in [-0.15, -0.1) is 0 Å². The van der Waals surface area contributed by atoms with Gasteiger partial charge < -0.3 is 9.64 Å². The van der Waals surface area contributed by atoms with Crippen molar-refractivity contribution in [2.24, 2.45) is 0 Å². The molecule has 3 rings (SSSR count). The van der Waals surface area contributed by atoms with E-state index >= 15 is 0 Å². The van der Waals surface area contributed by atoms with Crippen molar-refractivity contribution in [3.8, 4) is 0 Å². The summed E-state index contributed by atoms with van der Waals surface area (Å²) in [6, 6.07) is 17.2. The zero-order chi connectivity index (χ0) is 13.1. The van der Waals surface area contributed by atoms with Crippen LogP contribution >= 0.6 is 11.8 Å². The van der Waals surface area contributed by atoms with Gasteiger partial charge in [-0.25, -0.2) is 0 Å². The lowest BCUT2D eigenvalue weighted by Crippen LogP contribution is -2.22. The summed E-state index contributed by atoms with van der Waals surface area (Å²) in [5.74, 6) is 0. The summed E-state index contributed by atoms with van der Waals surface area (Å²) in [4.78, 5) is 5.07. The third kappa shape index (κ3) is 2.48. The smallest absolute Gasteiger partial charge is 0.0552 e. The molecule has 19 heavy (non-hydrogen) atoms. The number of para-hydroxylation sites is 2. The van der Waals surface area contributed by atoms with Crippen molar-refractivity contribution >= 4 is 23.1 Å². The Bertz CT molecular complexity index is 525. The normalized spacial score (nSPS) is 13.0. The maximum Gasteiger partial charge on any atom is 0.0552 e. The van der Waals surface area contributed by atoms with Crippen LogP contribution in [0.2, 0.25) is 0 Å². The van der Waals surface area contributed by atoms with Gasteiger partial charge in [0.25, 0.3) is 0 Å². The predicted molar refractivity (Wildman–Crippen MR) is 80.5 cm³/mol. The third-order valence-electron chi connectivity index (χ3n) is 3.26. The number of ether oxygens (including phenoxy) is 1. The summed E-state index contributed by atoms with van der Waals surface area (Å²) in [6.45, 7) is 1.79. The minimum Gasteiger partial charge on any atom is -0.385 e. The molecule has 0 unspecified atom stereocenters. The van der Waals surface area contributed by atoms with Gasteiger partial charge in [-0.3, -0.25) is 0 Å².